The van der Waals surface area contributed by atoms with Gasteiger partial charge in [-0.2, -0.15) is 0 Å². The minimum Gasteiger partial charge on any atom is -0.481 e. The molecule has 3 rings (SSSR count). The highest BCUT2D eigenvalue weighted by Crippen LogP contribution is 2.19. The van der Waals surface area contributed by atoms with E-state index in [4.69, 9.17) is 26.0 Å². The zero-order valence-electron chi connectivity index (χ0n) is 24.2. The molecule has 15 heteroatoms. The Balaban J connectivity index is 1.67. The number of hydrogen-bond acceptors (Lipinski definition) is 9. The summed E-state index contributed by atoms with van der Waals surface area (Å²) in [5.41, 5.74) is 12.1. The van der Waals surface area contributed by atoms with Crippen LogP contribution in [0.2, 0.25) is 0 Å². The van der Waals surface area contributed by atoms with E-state index < -0.39 is 61.1 Å². The van der Waals surface area contributed by atoms with E-state index in [1.54, 1.807) is 0 Å². The lowest BCUT2D eigenvalue weighted by Gasteiger charge is -2.22. The molecule has 46 heavy (non-hydrogen) atoms. The molecule has 0 aliphatic carbocycles. The van der Waals surface area contributed by atoms with Crippen molar-refractivity contribution >= 4 is 47.4 Å². The van der Waals surface area contributed by atoms with Gasteiger partial charge in [0.2, 0.25) is 0 Å². The highest BCUT2D eigenvalue weighted by atomic mass is 16.6. The standard InChI is InChI=1S/C31H30N4O11/c32-30(33)34-23-8-6-20(7-9-23)29(43)46-25-10-4-18(5-11-25)17-45-31(44)35(15-19-2-1-3-21(12-19)27(39)40)16-24(36)13-22(28(41)42)14-26(37)38/h1-12,22H,13-17H2,(H,37,38)(H,39,40)(H,41,42)(H4,32,33,34)/t22-/m0/s1. The lowest BCUT2D eigenvalue weighted by Crippen LogP contribution is -2.37. The fraction of sp³-hybridized carbons (Fsp3) is 0.194. The molecule has 0 fully saturated rings. The third-order valence-electron chi connectivity index (χ3n) is 6.27. The number of hydrogen-bond donors (Lipinski definition) is 5. The van der Waals surface area contributed by atoms with Crippen molar-refractivity contribution in [2.24, 2.45) is 22.4 Å². The predicted molar refractivity (Wildman–Crippen MR) is 160 cm³/mol. The number of rotatable bonds is 15. The number of nitrogens with zero attached hydrogens (tertiary/aromatic N) is 2. The monoisotopic (exact) mass is 634 g/mol. The molecule has 0 aromatic heterocycles. The van der Waals surface area contributed by atoms with Crippen LogP contribution in [0.5, 0.6) is 5.75 Å². The van der Waals surface area contributed by atoms with Crippen molar-refractivity contribution in [2.75, 3.05) is 6.54 Å². The summed E-state index contributed by atoms with van der Waals surface area (Å²) in [4.78, 5) is 76.9. The number of ketones is 1. The minimum absolute atomic E-state index is 0.0618. The van der Waals surface area contributed by atoms with Gasteiger partial charge in [0.05, 0.1) is 35.7 Å². The lowest BCUT2D eigenvalue weighted by atomic mass is 9.98. The molecule has 0 heterocycles. The van der Waals surface area contributed by atoms with E-state index in [0.717, 1.165) is 4.90 Å². The van der Waals surface area contributed by atoms with Crippen LogP contribution in [0, 0.1) is 5.92 Å². The number of amides is 1. The molecule has 0 aliphatic heterocycles. The molecule has 0 aliphatic rings. The fourth-order valence-corrected chi connectivity index (χ4v) is 4.10. The quantitative estimate of drug-likeness (QED) is 0.0699. The van der Waals surface area contributed by atoms with Gasteiger partial charge in [-0.15, -0.1) is 0 Å². The van der Waals surface area contributed by atoms with Gasteiger partial charge in [0.15, 0.2) is 11.7 Å². The van der Waals surface area contributed by atoms with Crippen LogP contribution in [0.25, 0.3) is 0 Å². The molecular formula is C31H30N4O11. The van der Waals surface area contributed by atoms with Crippen LogP contribution in [-0.4, -0.2) is 68.5 Å². The zero-order chi connectivity index (χ0) is 33.8. The first kappa shape index (κ1) is 34.2. The van der Waals surface area contributed by atoms with Gasteiger partial charge in [-0.3, -0.25) is 19.3 Å². The SMILES string of the molecule is NC(N)=Nc1ccc(C(=O)Oc2ccc(COC(=O)N(CC(=O)C[C@@H](CC(=O)O)C(=O)O)Cc3cccc(C(=O)O)c3)cc2)cc1. The third kappa shape index (κ3) is 10.8. The van der Waals surface area contributed by atoms with Crippen LogP contribution >= 0.6 is 0 Å². The Labute approximate surface area is 261 Å². The molecule has 15 nitrogen and oxygen atoms in total. The lowest BCUT2D eigenvalue weighted by molar-refractivity contribution is -0.149. The van der Waals surface area contributed by atoms with Crippen molar-refractivity contribution in [1.82, 2.24) is 4.90 Å². The molecular weight excluding hydrogens is 604 g/mol. The Morgan fingerprint density at radius 1 is 0.804 bits per heavy atom. The van der Waals surface area contributed by atoms with Crippen molar-refractivity contribution in [1.29, 1.82) is 0 Å². The molecule has 7 N–H and O–H groups in total. The molecule has 0 radical (unpaired) electrons. The molecule has 1 atom stereocenters. The fourth-order valence-electron chi connectivity index (χ4n) is 4.10. The summed E-state index contributed by atoms with van der Waals surface area (Å²) in [6, 6.07) is 17.7. The second kappa shape index (κ2) is 16.0. The van der Waals surface area contributed by atoms with Crippen LogP contribution in [0.15, 0.2) is 77.8 Å². The predicted octanol–water partition coefficient (Wildman–Crippen LogP) is 2.78. The summed E-state index contributed by atoms with van der Waals surface area (Å²) in [5, 5.41) is 27.5. The Morgan fingerprint density at radius 3 is 2.07 bits per heavy atom. The van der Waals surface area contributed by atoms with Crippen LogP contribution in [0.4, 0.5) is 10.5 Å². The Hall–Kier alpha value is -6.25. The van der Waals surface area contributed by atoms with Crippen molar-refractivity contribution in [3.05, 3.63) is 95.1 Å². The molecule has 0 saturated carbocycles. The van der Waals surface area contributed by atoms with Gasteiger partial charge in [0.25, 0.3) is 0 Å². The van der Waals surface area contributed by atoms with Crippen molar-refractivity contribution < 1.29 is 53.6 Å². The number of guanidine groups is 1. The molecule has 0 saturated heterocycles. The number of carboxylic acid groups (broad SMARTS) is 3. The van der Waals surface area contributed by atoms with Gasteiger partial charge in [-0.25, -0.2) is 19.4 Å². The number of Topliss-reactive ketones (excluding diaryl/α,β-unsaturated/α-hetero) is 1. The summed E-state index contributed by atoms with van der Waals surface area (Å²) in [6.45, 7) is -1.15. The molecule has 240 valence electrons. The first-order valence-corrected chi connectivity index (χ1v) is 13.5. The molecule has 0 spiro atoms. The number of carboxylic acids is 3. The van der Waals surface area contributed by atoms with Crippen LogP contribution in [0.1, 0.15) is 44.7 Å². The number of aromatic carboxylic acids is 1. The van der Waals surface area contributed by atoms with Gasteiger partial charge >= 0.3 is 30.0 Å². The number of carbonyl (C=O) groups excluding carboxylic acids is 3. The second-order valence-electron chi connectivity index (χ2n) is 9.91. The molecule has 0 unspecified atom stereocenters. The van der Waals surface area contributed by atoms with E-state index in [9.17, 15) is 39.0 Å². The van der Waals surface area contributed by atoms with E-state index >= 15 is 0 Å². The number of benzene rings is 3. The van der Waals surface area contributed by atoms with Gasteiger partial charge < -0.3 is 36.3 Å². The van der Waals surface area contributed by atoms with E-state index in [2.05, 4.69) is 4.99 Å². The highest BCUT2D eigenvalue weighted by molar-refractivity contribution is 5.92. The topological polar surface area (TPSA) is 249 Å². The first-order valence-electron chi connectivity index (χ1n) is 13.5. The van der Waals surface area contributed by atoms with Crippen LogP contribution in [-0.2, 0) is 32.3 Å². The van der Waals surface area contributed by atoms with Crippen molar-refractivity contribution in [3.8, 4) is 5.75 Å². The Bertz CT molecular complexity index is 1630. The number of aliphatic carboxylic acids is 2. The largest absolute Gasteiger partial charge is 0.481 e. The number of carbonyl (C=O) groups is 6. The molecule has 1 amide bonds. The molecule has 3 aromatic rings. The minimum atomic E-state index is -1.50. The van der Waals surface area contributed by atoms with Gasteiger partial charge in [0.1, 0.15) is 12.4 Å². The van der Waals surface area contributed by atoms with Gasteiger partial charge in [-0.1, -0.05) is 24.3 Å². The number of nitrogens with two attached hydrogens (primary N) is 2. The Kier molecular flexibility index (Phi) is 11.9. The molecule has 0 bridgehead atoms. The number of ether oxygens (including phenoxy) is 2. The van der Waals surface area contributed by atoms with Crippen molar-refractivity contribution in [2.45, 2.75) is 26.0 Å². The van der Waals surface area contributed by atoms with Crippen LogP contribution in [0.3, 0.4) is 0 Å². The second-order valence-corrected chi connectivity index (χ2v) is 9.91. The van der Waals surface area contributed by atoms with Gasteiger partial charge in [0, 0.05) is 13.0 Å². The average Bonchev–Trinajstić information content (AvgIpc) is 2.99. The summed E-state index contributed by atoms with van der Waals surface area (Å²) in [5.74, 6) is -6.90. The maximum Gasteiger partial charge on any atom is 0.410 e. The highest BCUT2D eigenvalue weighted by Gasteiger charge is 2.27. The van der Waals surface area contributed by atoms with E-state index in [-0.39, 0.29) is 36.0 Å². The maximum absolute atomic E-state index is 13.1. The number of aliphatic imine (C=N–C) groups is 1. The Morgan fingerprint density at radius 2 is 1.48 bits per heavy atom. The summed E-state index contributed by atoms with van der Waals surface area (Å²) in [6.07, 6.45) is -2.41. The van der Waals surface area contributed by atoms with E-state index in [0.29, 0.717) is 16.8 Å². The van der Waals surface area contributed by atoms with Crippen molar-refractivity contribution in [3.63, 3.8) is 0 Å². The first-order chi connectivity index (χ1) is 21.8. The van der Waals surface area contributed by atoms with E-state index in [1.165, 1.54) is 72.8 Å². The average molecular weight is 635 g/mol. The zero-order valence-corrected chi connectivity index (χ0v) is 24.2. The third-order valence-corrected chi connectivity index (χ3v) is 6.27. The van der Waals surface area contributed by atoms with E-state index in [1.807, 2.05) is 0 Å². The van der Waals surface area contributed by atoms with Gasteiger partial charge in [-0.05, 0) is 59.7 Å². The van der Waals surface area contributed by atoms with Crippen LogP contribution < -0.4 is 16.2 Å². The smallest absolute Gasteiger partial charge is 0.410 e. The summed E-state index contributed by atoms with van der Waals surface area (Å²) >= 11 is 0. The molecule has 3 aromatic carbocycles. The maximum atomic E-state index is 13.1. The normalized spacial score (nSPS) is 11.0. The summed E-state index contributed by atoms with van der Waals surface area (Å²) < 4.78 is 10.7. The summed E-state index contributed by atoms with van der Waals surface area (Å²) in [7, 11) is 0. The number of esters is 1.